The zero-order valence-corrected chi connectivity index (χ0v) is 27.6. The highest BCUT2D eigenvalue weighted by atomic mass is 79.9. The number of benzene rings is 7. The summed E-state index contributed by atoms with van der Waals surface area (Å²) in [6, 6.07) is 63.0. The van der Waals surface area contributed by atoms with Crippen molar-refractivity contribution >= 4 is 48.6 Å². The number of hydrogen-bond donors (Lipinski definition) is 0. The number of fused-ring (bicyclic) bond motifs is 4. The number of halogens is 1. The molecule has 0 N–H and O–H groups in total. The van der Waals surface area contributed by atoms with E-state index in [0.29, 0.717) is 0 Å². The molecular formula is C45H29BrN2. The predicted octanol–water partition coefficient (Wildman–Crippen LogP) is 12.8. The van der Waals surface area contributed by atoms with Crippen molar-refractivity contribution in [2.75, 3.05) is 0 Å². The first-order valence-corrected chi connectivity index (χ1v) is 16.9. The van der Waals surface area contributed by atoms with Crippen molar-refractivity contribution in [2.24, 2.45) is 0 Å². The quantitative estimate of drug-likeness (QED) is 0.177. The van der Waals surface area contributed by atoms with Gasteiger partial charge in [-0.1, -0.05) is 143 Å². The van der Waals surface area contributed by atoms with Gasteiger partial charge in [0, 0.05) is 31.9 Å². The van der Waals surface area contributed by atoms with E-state index in [1.54, 1.807) is 0 Å². The van der Waals surface area contributed by atoms with E-state index >= 15 is 0 Å². The monoisotopic (exact) mass is 676 g/mol. The second kappa shape index (κ2) is 11.8. The van der Waals surface area contributed by atoms with Gasteiger partial charge < -0.3 is 4.57 Å². The summed E-state index contributed by atoms with van der Waals surface area (Å²) in [5.41, 5.74) is 13.7. The second-order valence-corrected chi connectivity index (χ2v) is 13.1. The zero-order valence-electron chi connectivity index (χ0n) is 26.0. The van der Waals surface area contributed by atoms with Crippen LogP contribution in [0.5, 0.6) is 0 Å². The van der Waals surface area contributed by atoms with Crippen LogP contribution in [0.1, 0.15) is 0 Å². The number of hydrogen-bond acceptors (Lipinski definition) is 1. The maximum absolute atomic E-state index is 5.03. The van der Waals surface area contributed by atoms with Gasteiger partial charge in [0.05, 0.1) is 22.2 Å². The van der Waals surface area contributed by atoms with Crippen molar-refractivity contribution in [1.29, 1.82) is 0 Å². The Hall–Kier alpha value is -5.77. The molecule has 0 atom stereocenters. The molecule has 0 aliphatic carbocycles. The fourth-order valence-electron chi connectivity index (χ4n) is 6.82. The minimum Gasteiger partial charge on any atom is -0.309 e. The van der Waals surface area contributed by atoms with Crippen LogP contribution in [-0.4, -0.2) is 9.55 Å². The molecule has 2 aromatic heterocycles. The Balaban J connectivity index is 1.21. The molecule has 0 bridgehead atoms. The van der Waals surface area contributed by atoms with Crippen molar-refractivity contribution in [1.82, 2.24) is 9.55 Å². The van der Waals surface area contributed by atoms with Gasteiger partial charge in [-0.25, -0.2) is 4.98 Å². The molecule has 0 amide bonds. The van der Waals surface area contributed by atoms with Gasteiger partial charge in [0.25, 0.3) is 0 Å². The summed E-state index contributed by atoms with van der Waals surface area (Å²) in [5, 5.41) is 3.59. The van der Waals surface area contributed by atoms with Crippen molar-refractivity contribution < 1.29 is 0 Å². The van der Waals surface area contributed by atoms with Gasteiger partial charge >= 0.3 is 0 Å². The Morgan fingerprint density at radius 1 is 0.396 bits per heavy atom. The number of para-hydroxylation sites is 1. The molecule has 3 heteroatoms. The van der Waals surface area contributed by atoms with E-state index in [9.17, 15) is 0 Å². The first-order valence-electron chi connectivity index (χ1n) is 16.1. The standard InChI is InChI=1S/C45H29BrN2/c46-38-11-6-10-35(27-38)32-13-15-33(16-14-32)36-19-24-40-41-25-20-37(43-26-21-34-9-4-5-12-42(34)47-43)29-45(41)48(44(40)28-36)39-22-17-31(18-23-39)30-7-2-1-3-8-30/h1-29H. The maximum Gasteiger partial charge on any atom is 0.0710 e. The van der Waals surface area contributed by atoms with Gasteiger partial charge in [0.1, 0.15) is 0 Å². The van der Waals surface area contributed by atoms with E-state index in [1.807, 2.05) is 6.07 Å². The summed E-state index contributed by atoms with van der Waals surface area (Å²) in [6.45, 7) is 0. The Morgan fingerprint density at radius 3 is 1.67 bits per heavy atom. The normalized spacial score (nSPS) is 11.4. The van der Waals surface area contributed by atoms with E-state index in [4.69, 9.17) is 4.98 Å². The molecule has 0 fully saturated rings. The molecule has 0 aliphatic heterocycles. The van der Waals surface area contributed by atoms with Gasteiger partial charge in [0.15, 0.2) is 0 Å². The average Bonchev–Trinajstić information content (AvgIpc) is 3.48. The molecule has 0 saturated carbocycles. The van der Waals surface area contributed by atoms with Crippen molar-refractivity contribution in [3.63, 3.8) is 0 Å². The molecule has 48 heavy (non-hydrogen) atoms. The van der Waals surface area contributed by atoms with Crippen molar-refractivity contribution in [3.05, 3.63) is 180 Å². The highest BCUT2D eigenvalue weighted by Gasteiger charge is 2.16. The SMILES string of the molecule is Brc1cccc(-c2ccc(-c3ccc4c5ccc(-c6ccc7ccccc7n6)cc5n(-c5ccc(-c6ccccc6)cc5)c4c3)cc2)c1. The third-order valence-corrected chi connectivity index (χ3v) is 9.76. The van der Waals surface area contributed by atoms with Crippen molar-refractivity contribution in [2.45, 2.75) is 0 Å². The third kappa shape index (κ3) is 5.10. The summed E-state index contributed by atoms with van der Waals surface area (Å²) < 4.78 is 3.49. The third-order valence-electron chi connectivity index (χ3n) is 9.27. The first-order chi connectivity index (χ1) is 23.7. The minimum atomic E-state index is 0.970. The summed E-state index contributed by atoms with van der Waals surface area (Å²) in [6.07, 6.45) is 0. The molecule has 0 unspecified atom stereocenters. The van der Waals surface area contributed by atoms with Gasteiger partial charge in [-0.15, -0.1) is 0 Å². The lowest BCUT2D eigenvalue weighted by Gasteiger charge is -2.11. The first kappa shape index (κ1) is 28.5. The summed E-state index contributed by atoms with van der Waals surface area (Å²) in [5.74, 6) is 0. The van der Waals surface area contributed by atoms with Crippen LogP contribution in [0.2, 0.25) is 0 Å². The van der Waals surface area contributed by atoms with Crippen molar-refractivity contribution in [3.8, 4) is 50.3 Å². The van der Waals surface area contributed by atoms with E-state index in [0.717, 1.165) is 37.8 Å². The molecule has 7 aromatic carbocycles. The van der Waals surface area contributed by atoms with E-state index in [1.165, 1.54) is 49.7 Å². The fourth-order valence-corrected chi connectivity index (χ4v) is 7.22. The van der Waals surface area contributed by atoms with Crippen LogP contribution in [-0.2, 0) is 0 Å². The van der Waals surface area contributed by atoms with E-state index in [2.05, 4.69) is 190 Å². The van der Waals surface area contributed by atoms with E-state index in [-0.39, 0.29) is 0 Å². The Labute approximate surface area is 287 Å². The summed E-state index contributed by atoms with van der Waals surface area (Å²) in [4.78, 5) is 5.03. The minimum absolute atomic E-state index is 0.970. The van der Waals surface area contributed by atoms with Crippen LogP contribution in [0, 0.1) is 0 Å². The predicted molar refractivity (Wildman–Crippen MR) is 206 cm³/mol. The topological polar surface area (TPSA) is 17.8 Å². The lowest BCUT2D eigenvalue weighted by atomic mass is 9.99. The lowest BCUT2D eigenvalue weighted by Crippen LogP contribution is -1.95. The van der Waals surface area contributed by atoms with Crippen LogP contribution < -0.4 is 0 Å². The van der Waals surface area contributed by atoms with Gasteiger partial charge in [-0.3, -0.25) is 0 Å². The summed E-state index contributed by atoms with van der Waals surface area (Å²) in [7, 11) is 0. The van der Waals surface area contributed by atoms with E-state index < -0.39 is 0 Å². The van der Waals surface area contributed by atoms with Crippen LogP contribution in [0.3, 0.4) is 0 Å². The maximum atomic E-state index is 5.03. The van der Waals surface area contributed by atoms with Crippen LogP contribution >= 0.6 is 15.9 Å². The molecule has 0 saturated heterocycles. The fraction of sp³-hybridized carbons (Fsp3) is 0. The molecule has 0 radical (unpaired) electrons. The molecule has 0 spiro atoms. The Morgan fingerprint density at radius 2 is 0.938 bits per heavy atom. The summed E-state index contributed by atoms with van der Waals surface area (Å²) >= 11 is 3.61. The number of nitrogens with zero attached hydrogens (tertiary/aromatic N) is 2. The Kier molecular flexibility index (Phi) is 6.99. The average molecular weight is 678 g/mol. The molecule has 0 aliphatic rings. The molecule has 226 valence electrons. The van der Waals surface area contributed by atoms with Gasteiger partial charge in [-0.2, -0.15) is 0 Å². The smallest absolute Gasteiger partial charge is 0.0710 e. The highest BCUT2D eigenvalue weighted by Crippen LogP contribution is 2.38. The molecule has 9 rings (SSSR count). The molecule has 2 heterocycles. The number of rotatable bonds is 5. The Bertz CT molecular complexity index is 2600. The van der Waals surface area contributed by atoms with Gasteiger partial charge in [-0.05, 0) is 81.9 Å². The largest absolute Gasteiger partial charge is 0.309 e. The zero-order chi connectivity index (χ0) is 32.0. The number of pyridine rings is 1. The molecule has 9 aromatic rings. The second-order valence-electron chi connectivity index (χ2n) is 12.2. The molecular weight excluding hydrogens is 648 g/mol. The molecule has 2 nitrogen and oxygen atoms in total. The van der Waals surface area contributed by atoms with Gasteiger partial charge in [0.2, 0.25) is 0 Å². The van der Waals surface area contributed by atoms with Crippen LogP contribution in [0.4, 0.5) is 0 Å². The number of aromatic nitrogens is 2. The highest BCUT2D eigenvalue weighted by molar-refractivity contribution is 9.10. The lowest BCUT2D eigenvalue weighted by molar-refractivity contribution is 1.18. The van der Waals surface area contributed by atoms with Crippen LogP contribution in [0.25, 0.3) is 83.0 Å². The van der Waals surface area contributed by atoms with Crippen LogP contribution in [0.15, 0.2) is 180 Å².